The molecule has 0 bridgehead atoms. The Morgan fingerprint density at radius 3 is 1.78 bits per heavy atom. The molecule has 0 N–H and O–H groups in total. The second-order valence-corrected chi connectivity index (χ2v) is 12.8. The van der Waals surface area contributed by atoms with Gasteiger partial charge < -0.3 is 4.31 Å². The van der Waals surface area contributed by atoms with Crippen molar-refractivity contribution in [1.82, 2.24) is 0 Å². The van der Waals surface area contributed by atoms with Crippen LogP contribution in [0.4, 0.5) is 5.69 Å². The van der Waals surface area contributed by atoms with E-state index in [2.05, 4.69) is 147 Å². The third-order valence-corrected chi connectivity index (χ3v) is 10.8. The van der Waals surface area contributed by atoms with E-state index in [1.54, 1.807) is 0 Å². The van der Waals surface area contributed by atoms with Crippen molar-refractivity contribution in [3.8, 4) is 22.3 Å². The van der Waals surface area contributed by atoms with E-state index in [-0.39, 0.29) is 0 Å². The number of benzene rings is 5. The van der Waals surface area contributed by atoms with E-state index in [4.69, 9.17) is 0 Å². The Morgan fingerprint density at radius 1 is 0.611 bits per heavy atom. The number of rotatable bonds is 4. The van der Waals surface area contributed by atoms with Crippen molar-refractivity contribution >= 4 is 26.7 Å². The predicted octanol–water partition coefficient (Wildman–Crippen LogP) is 9.91. The lowest BCUT2D eigenvalue weighted by atomic mass is 9.97. The van der Waals surface area contributed by atoms with Crippen molar-refractivity contribution in [1.29, 1.82) is 0 Å². The number of fused-ring (bicyclic) bond motifs is 4. The summed E-state index contributed by atoms with van der Waals surface area (Å²) in [4.78, 5) is 2.88. The molecule has 0 saturated heterocycles. The molecule has 0 radical (unpaired) electrons. The highest BCUT2D eigenvalue weighted by molar-refractivity contribution is 8.34. The molecule has 0 atom stereocenters. The molecule has 2 heteroatoms. The zero-order valence-electron chi connectivity index (χ0n) is 21.3. The number of allylic oxidation sites excluding steroid dienone is 1. The molecule has 1 nitrogen and oxygen atoms in total. The van der Waals surface area contributed by atoms with Crippen molar-refractivity contribution in [3.63, 3.8) is 0 Å². The van der Waals surface area contributed by atoms with Gasteiger partial charge in [0.15, 0.2) is 0 Å². The molecule has 0 spiro atoms. The summed E-state index contributed by atoms with van der Waals surface area (Å²) in [6.07, 6.45) is 6.95. The van der Waals surface area contributed by atoms with Crippen LogP contribution in [0.2, 0.25) is 0 Å². The first kappa shape index (κ1) is 22.7. The van der Waals surface area contributed by atoms with E-state index in [1.165, 1.54) is 59.6 Å². The van der Waals surface area contributed by atoms with Crippen molar-refractivity contribution < 1.29 is 0 Å². The fourth-order valence-electron chi connectivity index (χ4n) is 5.57. The molecule has 36 heavy (non-hydrogen) atoms. The summed E-state index contributed by atoms with van der Waals surface area (Å²) in [7, 11) is -1.55. The second kappa shape index (κ2) is 8.72. The second-order valence-electron chi connectivity index (χ2n) is 9.73. The van der Waals surface area contributed by atoms with Gasteiger partial charge >= 0.3 is 0 Å². The van der Waals surface area contributed by atoms with Gasteiger partial charge in [-0.3, -0.25) is 0 Å². The number of hydrogen-bond donors (Lipinski definition) is 0. The highest BCUT2D eigenvalue weighted by atomic mass is 32.3. The summed E-state index contributed by atoms with van der Waals surface area (Å²) in [6, 6.07) is 38.2. The van der Waals surface area contributed by atoms with Crippen LogP contribution in [0.5, 0.6) is 0 Å². The largest absolute Gasteiger partial charge is 0.302 e. The van der Waals surface area contributed by atoms with Crippen LogP contribution in [0.1, 0.15) is 18.1 Å². The van der Waals surface area contributed by atoms with Crippen molar-refractivity contribution in [2.45, 2.75) is 30.6 Å². The fraction of sp³-hybridized carbons (Fsp3) is 0.118. The molecule has 6 rings (SSSR count). The average molecular weight is 486 g/mol. The number of nitrogens with zero attached hydrogens (tertiary/aromatic N) is 1. The molecule has 5 aromatic carbocycles. The quantitative estimate of drug-likeness (QED) is 0.245. The Hall–Kier alpha value is -3.75. The summed E-state index contributed by atoms with van der Waals surface area (Å²) < 4.78 is 2.58. The van der Waals surface area contributed by atoms with E-state index in [9.17, 15) is 0 Å². The van der Waals surface area contributed by atoms with E-state index >= 15 is 0 Å². The SMILES string of the molecule is C/C=C\N(c1ccc(-c2ccccc2)c2ccccc12)S1(C)c2cc(C)ccc2-c2ccc(C)cc21. The molecule has 1 heterocycles. The molecule has 5 aromatic rings. The summed E-state index contributed by atoms with van der Waals surface area (Å²) in [5.41, 5.74) is 9.13. The first-order valence-corrected chi connectivity index (χ1v) is 14.5. The number of hydrogen-bond acceptors (Lipinski definition) is 1. The van der Waals surface area contributed by atoms with E-state index in [1.807, 2.05) is 0 Å². The summed E-state index contributed by atoms with van der Waals surface area (Å²) >= 11 is 0. The van der Waals surface area contributed by atoms with Crippen LogP contribution in [-0.4, -0.2) is 6.26 Å². The molecule has 0 unspecified atom stereocenters. The summed E-state index contributed by atoms with van der Waals surface area (Å²) in [6.45, 7) is 6.54. The Morgan fingerprint density at radius 2 is 1.17 bits per heavy atom. The Kier molecular flexibility index (Phi) is 5.50. The monoisotopic (exact) mass is 485 g/mol. The maximum absolute atomic E-state index is 2.58. The average Bonchev–Trinajstić information content (AvgIpc) is 3.15. The molecular weight excluding hydrogens is 454 g/mol. The van der Waals surface area contributed by atoms with Gasteiger partial charge in [0.2, 0.25) is 0 Å². The molecule has 178 valence electrons. The van der Waals surface area contributed by atoms with Gasteiger partial charge in [-0.15, -0.1) is 10.2 Å². The predicted molar refractivity (Wildman–Crippen MR) is 158 cm³/mol. The Bertz CT molecular complexity index is 1580. The minimum Gasteiger partial charge on any atom is -0.302 e. The van der Waals surface area contributed by atoms with Crippen LogP contribution >= 0.6 is 10.2 Å². The molecule has 0 aromatic heterocycles. The molecule has 0 amide bonds. The highest BCUT2D eigenvalue weighted by Crippen LogP contribution is 2.72. The zero-order valence-corrected chi connectivity index (χ0v) is 22.1. The van der Waals surface area contributed by atoms with Crippen LogP contribution in [0.3, 0.4) is 0 Å². The van der Waals surface area contributed by atoms with Crippen LogP contribution in [-0.2, 0) is 0 Å². The van der Waals surface area contributed by atoms with E-state index in [0.717, 1.165) is 0 Å². The van der Waals surface area contributed by atoms with Crippen LogP contribution in [0.15, 0.2) is 125 Å². The van der Waals surface area contributed by atoms with E-state index in [0.29, 0.717) is 0 Å². The van der Waals surface area contributed by atoms with Crippen molar-refractivity contribution in [2.75, 3.05) is 10.6 Å². The van der Waals surface area contributed by atoms with Gasteiger partial charge in [-0.1, -0.05) is 91.0 Å². The van der Waals surface area contributed by atoms with E-state index < -0.39 is 10.2 Å². The normalized spacial score (nSPS) is 14.6. The van der Waals surface area contributed by atoms with Crippen LogP contribution in [0.25, 0.3) is 33.0 Å². The Balaban J connectivity index is 1.65. The summed E-state index contributed by atoms with van der Waals surface area (Å²) in [5, 5.41) is 2.56. The van der Waals surface area contributed by atoms with Gasteiger partial charge in [0, 0.05) is 21.4 Å². The molecule has 0 aliphatic carbocycles. The minimum absolute atomic E-state index is 1.25. The summed E-state index contributed by atoms with van der Waals surface area (Å²) in [5.74, 6) is 0. The molecule has 1 aliphatic rings. The highest BCUT2D eigenvalue weighted by Gasteiger charge is 2.40. The Labute approximate surface area is 216 Å². The smallest absolute Gasteiger partial charge is 0.0586 e. The molecule has 1 aliphatic heterocycles. The van der Waals surface area contributed by atoms with Gasteiger partial charge in [-0.2, -0.15) is 0 Å². The first-order valence-electron chi connectivity index (χ1n) is 12.5. The van der Waals surface area contributed by atoms with Gasteiger partial charge in [0.1, 0.15) is 0 Å². The standard InChI is InChI=1S/C34H31NS/c1-5-21-35(32-20-19-27(26-11-7-6-8-12-26)28-13-9-10-14-29(28)32)36(4)33-22-24(2)15-17-30(33)31-18-16-25(3)23-34(31)36/h5-23H,1-4H3/b21-5-. The van der Waals surface area contributed by atoms with Crippen molar-refractivity contribution in [3.05, 3.63) is 127 Å². The van der Waals surface area contributed by atoms with Gasteiger partial charge in [0.05, 0.1) is 5.69 Å². The third-order valence-electron chi connectivity index (χ3n) is 7.32. The van der Waals surface area contributed by atoms with Crippen LogP contribution in [0, 0.1) is 13.8 Å². The lowest BCUT2D eigenvalue weighted by Crippen LogP contribution is -2.21. The minimum atomic E-state index is -1.55. The maximum Gasteiger partial charge on any atom is 0.0586 e. The van der Waals surface area contributed by atoms with Gasteiger partial charge in [0.25, 0.3) is 0 Å². The third kappa shape index (κ3) is 3.40. The lowest BCUT2D eigenvalue weighted by Gasteiger charge is -2.45. The lowest BCUT2D eigenvalue weighted by molar-refractivity contribution is 1.32. The molecular formula is C34H31NS. The van der Waals surface area contributed by atoms with Gasteiger partial charge in [-0.05, 0) is 84.0 Å². The molecule has 0 fully saturated rings. The van der Waals surface area contributed by atoms with Gasteiger partial charge in [-0.25, -0.2) is 0 Å². The zero-order chi connectivity index (χ0) is 24.9. The fourth-order valence-corrected chi connectivity index (χ4v) is 9.19. The number of anilines is 1. The van der Waals surface area contributed by atoms with Crippen LogP contribution < -0.4 is 4.31 Å². The topological polar surface area (TPSA) is 3.24 Å². The first-order chi connectivity index (χ1) is 17.5. The molecule has 0 saturated carbocycles. The maximum atomic E-state index is 2.58. The van der Waals surface area contributed by atoms with Crippen molar-refractivity contribution in [2.24, 2.45) is 0 Å². The number of aryl methyl sites for hydroxylation is 2.